The summed E-state index contributed by atoms with van der Waals surface area (Å²) in [5, 5.41) is 2.71. The Labute approximate surface area is 180 Å². The van der Waals surface area contributed by atoms with Gasteiger partial charge in [-0.1, -0.05) is 66.7 Å². The first-order valence-electron chi connectivity index (χ1n) is 10.1. The zero-order valence-electron chi connectivity index (χ0n) is 17.0. The van der Waals surface area contributed by atoms with Crippen molar-refractivity contribution in [3.05, 3.63) is 84.4 Å². The molecule has 3 aromatic carbocycles. The summed E-state index contributed by atoms with van der Waals surface area (Å²) >= 11 is 0. The van der Waals surface area contributed by atoms with E-state index in [1.807, 2.05) is 78.9 Å². The Morgan fingerprint density at radius 3 is 2.32 bits per heavy atom. The van der Waals surface area contributed by atoms with Gasteiger partial charge in [0.2, 0.25) is 0 Å². The van der Waals surface area contributed by atoms with E-state index in [-0.39, 0.29) is 31.6 Å². The van der Waals surface area contributed by atoms with Gasteiger partial charge in [-0.2, -0.15) is 0 Å². The number of hydrogen-bond donors (Lipinski definition) is 1. The first-order chi connectivity index (χ1) is 15.2. The fourth-order valence-corrected chi connectivity index (χ4v) is 3.25. The first kappa shape index (κ1) is 20.5. The van der Waals surface area contributed by atoms with Crippen LogP contribution in [-0.4, -0.2) is 37.7 Å². The minimum absolute atomic E-state index is 0.110. The largest absolute Gasteiger partial charge is 0.486 e. The van der Waals surface area contributed by atoms with E-state index in [9.17, 15) is 9.59 Å². The monoisotopic (exact) mass is 417 g/mol. The predicted molar refractivity (Wildman–Crippen MR) is 116 cm³/mol. The van der Waals surface area contributed by atoms with E-state index in [2.05, 4.69) is 5.32 Å². The molecule has 31 heavy (non-hydrogen) atoms. The lowest BCUT2D eigenvalue weighted by Crippen LogP contribution is -2.42. The molecule has 1 N–H and O–H groups in total. The van der Waals surface area contributed by atoms with Crippen LogP contribution in [0.3, 0.4) is 0 Å². The molecule has 0 bridgehead atoms. The third-order valence-corrected chi connectivity index (χ3v) is 4.87. The average Bonchev–Trinajstić information content (AvgIpc) is 2.82. The number of ether oxygens (including phenoxy) is 3. The SMILES string of the molecule is O=C(COC(=O)Cc1ccc(-c2ccccc2)cc1)NC[C@@H]1COc2ccccc2O1. The molecule has 158 valence electrons. The Hall–Kier alpha value is -3.80. The van der Waals surface area contributed by atoms with E-state index >= 15 is 0 Å². The van der Waals surface area contributed by atoms with E-state index < -0.39 is 5.97 Å². The summed E-state index contributed by atoms with van der Waals surface area (Å²) < 4.78 is 16.5. The number of nitrogens with one attached hydrogen (secondary N) is 1. The molecule has 1 aliphatic rings. The molecule has 1 amide bonds. The van der Waals surface area contributed by atoms with Crippen molar-refractivity contribution >= 4 is 11.9 Å². The zero-order chi connectivity index (χ0) is 21.5. The van der Waals surface area contributed by atoms with Crippen molar-refractivity contribution in [3.8, 4) is 22.6 Å². The van der Waals surface area contributed by atoms with Crippen LogP contribution in [0.5, 0.6) is 11.5 Å². The molecular weight excluding hydrogens is 394 g/mol. The number of para-hydroxylation sites is 2. The number of amides is 1. The van der Waals surface area contributed by atoms with E-state index in [0.717, 1.165) is 16.7 Å². The number of carbonyl (C=O) groups excluding carboxylic acids is 2. The molecule has 6 heteroatoms. The van der Waals surface area contributed by atoms with Gasteiger partial charge in [0.15, 0.2) is 18.1 Å². The van der Waals surface area contributed by atoms with Crippen LogP contribution in [-0.2, 0) is 20.7 Å². The molecule has 0 saturated carbocycles. The molecule has 0 aliphatic carbocycles. The Bertz CT molecular complexity index is 1030. The Kier molecular flexibility index (Phi) is 6.47. The molecule has 0 aromatic heterocycles. The summed E-state index contributed by atoms with van der Waals surface area (Å²) in [6.45, 7) is 0.285. The maximum absolute atomic E-state index is 12.1. The van der Waals surface area contributed by atoms with Crippen molar-refractivity contribution in [1.82, 2.24) is 5.32 Å². The van der Waals surface area contributed by atoms with Crippen molar-refractivity contribution in [2.24, 2.45) is 0 Å². The molecule has 0 spiro atoms. The van der Waals surface area contributed by atoms with E-state index in [1.54, 1.807) is 0 Å². The van der Waals surface area contributed by atoms with Gasteiger partial charge in [-0.25, -0.2) is 0 Å². The topological polar surface area (TPSA) is 73.9 Å². The molecule has 3 aromatic rings. The summed E-state index contributed by atoms with van der Waals surface area (Å²) in [6.07, 6.45) is -0.184. The van der Waals surface area contributed by atoms with E-state index in [1.165, 1.54) is 0 Å². The average molecular weight is 417 g/mol. The smallest absolute Gasteiger partial charge is 0.310 e. The fourth-order valence-electron chi connectivity index (χ4n) is 3.25. The number of carbonyl (C=O) groups is 2. The normalized spacial score (nSPS) is 14.5. The van der Waals surface area contributed by atoms with Gasteiger partial charge in [-0.05, 0) is 28.8 Å². The molecule has 0 radical (unpaired) electrons. The van der Waals surface area contributed by atoms with Gasteiger partial charge in [0.1, 0.15) is 12.7 Å². The highest BCUT2D eigenvalue weighted by atomic mass is 16.6. The Balaban J connectivity index is 1.18. The highest BCUT2D eigenvalue weighted by molar-refractivity contribution is 5.81. The lowest BCUT2D eigenvalue weighted by Gasteiger charge is -2.26. The van der Waals surface area contributed by atoms with Crippen LogP contribution in [0.4, 0.5) is 0 Å². The molecular formula is C25H23NO5. The maximum Gasteiger partial charge on any atom is 0.310 e. The molecule has 0 fully saturated rings. The molecule has 1 aliphatic heterocycles. The van der Waals surface area contributed by atoms with Crippen LogP contribution in [0.25, 0.3) is 11.1 Å². The summed E-state index contributed by atoms with van der Waals surface area (Å²) in [5.41, 5.74) is 3.02. The first-order valence-corrected chi connectivity index (χ1v) is 10.1. The van der Waals surface area contributed by atoms with E-state index in [4.69, 9.17) is 14.2 Å². The Morgan fingerprint density at radius 2 is 1.55 bits per heavy atom. The van der Waals surface area contributed by atoms with Gasteiger partial charge in [0.25, 0.3) is 5.91 Å². The number of benzene rings is 3. The van der Waals surface area contributed by atoms with Crippen molar-refractivity contribution in [2.45, 2.75) is 12.5 Å². The minimum Gasteiger partial charge on any atom is -0.486 e. The van der Waals surface area contributed by atoms with Crippen LogP contribution >= 0.6 is 0 Å². The van der Waals surface area contributed by atoms with Crippen LogP contribution in [0, 0.1) is 0 Å². The van der Waals surface area contributed by atoms with Crippen LogP contribution in [0.15, 0.2) is 78.9 Å². The summed E-state index contributed by atoms with van der Waals surface area (Å²) in [4.78, 5) is 24.1. The molecule has 6 nitrogen and oxygen atoms in total. The second kappa shape index (κ2) is 9.80. The number of rotatable bonds is 7. The third-order valence-electron chi connectivity index (χ3n) is 4.87. The minimum atomic E-state index is -0.450. The van der Waals surface area contributed by atoms with Gasteiger partial charge in [-0.15, -0.1) is 0 Å². The van der Waals surface area contributed by atoms with Crippen molar-refractivity contribution in [2.75, 3.05) is 19.8 Å². The maximum atomic E-state index is 12.1. The lowest BCUT2D eigenvalue weighted by molar-refractivity contribution is -0.148. The van der Waals surface area contributed by atoms with Crippen LogP contribution in [0.2, 0.25) is 0 Å². The molecule has 4 rings (SSSR count). The lowest BCUT2D eigenvalue weighted by atomic mass is 10.0. The second-order valence-electron chi connectivity index (χ2n) is 7.20. The van der Waals surface area contributed by atoms with E-state index in [0.29, 0.717) is 18.1 Å². The van der Waals surface area contributed by atoms with Gasteiger partial charge >= 0.3 is 5.97 Å². The standard InChI is InChI=1S/C25H23NO5/c27-24(26-15-21-16-29-22-8-4-5-9-23(22)31-21)17-30-25(28)14-18-10-12-20(13-11-18)19-6-2-1-3-7-19/h1-13,21H,14-17H2,(H,26,27)/t21-/m1/s1. The van der Waals surface area contributed by atoms with Crippen molar-refractivity contribution in [3.63, 3.8) is 0 Å². The second-order valence-corrected chi connectivity index (χ2v) is 7.20. The van der Waals surface area contributed by atoms with Crippen molar-refractivity contribution in [1.29, 1.82) is 0 Å². The van der Waals surface area contributed by atoms with Gasteiger partial charge in [0.05, 0.1) is 13.0 Å². The number of hydrogen-bond acceptors (Lipinski definition) is 5. The molecule has 0 saturated heterocycles. The van der Waals surface area contributed by atoms with Crippen LogP contribution in [0.1, 0.15) is 5.56 Å². The summed E-state index contributed by atoms with van der Waals surface area (Å²) in [5.74, 6) is 0.512. The van der Waals surface area contributed by atoms with Gasteiger partial charge in [-0.3, -0.25) is 9.59 Å². The zero-order valence-corrected chi connectivity index (χ0v) is 17.0. The third kappa shape index (κ3) is 5.63. The van der Waals surface area contributed by atoms with Gasteiger partial charge in [0, 0.05) is 0 Å². The van der Waals surface area contributed by atoms with Crippen LogP contribution < -0.4 is 14.8 Å². The van der Waals surface area contributed by atoms with Crippen molar-refractivity contribution < 1.29 is 23.8 Å². The highest BCUT2D eigenvalue weighted by Gasteiger charge is 2.21. The highest BCUT2D eigenvalue weighted by Crippen LogP contribution is 2.30. The molecule has 1 heterocycles. The molecule has 1 atom stereocenters. The predicted octanol–water partition coefficient (Wildman–Crippen LogP) is 3.40. The van der Waals surface area contributed by atoms with Gasteiger partial charge < -0.3 is 19.5 Å². The summed E-state index contributed by atoms with van der Waals surface area (Å²) in [7, 11) is 0. The fraction of sp³-hybridized carbons (Fsp3) is 0.200. The quantitative estimate of drug-likeness (QED) is 0.597. The summed E-state index contributed by atoms with van der Waals surface area (Å²) in [6, 6.07) is 25.1. The number of esters is 1. The molecule has 0 unspecified atom stereocenters. The number of fused-ring (bicyclic) bond motifs is 1. The Morgan fingerprint density at radius 1 is 0.871 bits per heavy atom.